The molecule has 0 spiro atoms. The van der Waals surface area contributed by atoms with Crippen molar-refractivity contribution in [2.24, 2.45) is 5.73 Å². The van der Waals surface area contributed by atoms with Gasteiger partial charge in [0.15, 0.2) is 0 Å². The number of rotatable bonds is 5. The van der Waals surface area contributed by atoms with Crippen molar-refractivity contribution in [2.45, 2.75) is 25.8 Å². The number of nitrogens with two attached hydrogens (primary N) is 1. The highest BCUT2D eigenvalue weighted by Crippen LogP contribution is 2.23. The fraction of sp³-hybridized carbons (Fsp3) is 0.462. The molecule has 0 aromatic heterocycles. The maximum atomic E-state index is 13.6. The second-order valence-corrected chi connectivity index (χ2v) is 4.24. The van der Waals surface area contributed by atoms with E-state index in [1.165, 1.54) is 4.90 Å². The van der Waals surface area contributed by atoms with E-state index in [1.807, 2.05) is 0 Å². The minimum Gasteiger partial charge on any atom is -0.339 e. The molecule has 1 atom stereocenters. The zero-order chi connectivity index (χ0) is 13.7. The van der Waals surface area contributed by atoms with Crippen molar-refractivity contribution in [3.63, 3.8) is 0 Å². The van der Waals surface area contributed by atoms with Crippen molar-refractivity contribution < 1.29 is 13.6 Å². The van der Waals surface area contributed by atoms with Crippen LogP contribution in [0.2, 0.25) is 0 Å². The molecule has 0 aliphatic rings. The SMILES string of the molecule is CC(c1cc(F)ccc1F)N(C)C(=O)CCCN. The Balaban J connectivity index is 2.82. The lowest BCUT2D eigenvalue weighted by atomic mass is 10.1. The molecule has 0 saturated carbocycles. The summed E-state index contributed by atoms with van der Waals surface area (Å²) in [5.41, 5.74) is 5.51. The molecule has 18 heavy (non-hydrogen) atoms. The highest BCUT2D eigenvalue weighted by molar-refractivity contribution is 5.76. The number of carbonyl (C=O) groups excluding carboxylic acids is 1. The fourth-order valence-corrected chi connectivity index (χ4v) is 1.69. The van der Waals surface area contributed by atoms with E-state index in [-0.39, 0.29) is 11.5 Å². The van der Waals surface area contributed by atoms with Crippen LogP contribution in [0.15, 0.2) is 18.2 Å². The molecule has 5 heteroatoms. The molecule has 0 bridgehead atoms. The zero-order valence-electron chi connectivity index (χ0n) is 10.6. The Labute approximate surface area is 106 Å². The van der Waals surface area contributed by atoms with Crippen LogP contribution in [0.4, 0.5) is 8.78 Å². The third kappa shape index (κ3) is 3.50. The van der Waals surface area contributed by atoms with Gasteiger partial charge in [-0.2, -0.15) is 0 Å². The lowest BCUT2D eigenvalue weighted by molar-refractivity contribution is -0.131. The van der Waals surface area contributed by atoms with Gasteiger partial charge in [0.2, 0.25) is 5.91 Å². The van der Waals surface area contributed by atoms with Crippen LogP contribution in [-0.2, 0) is 4.79 Å². The first-order valence-corrected chi connectivity index (χ1v) is 5.88. The normalized spacial score (nSPS) is 12.3. The number of carbonyl (C=O) groups is 1. The van der Waals surface area contributed by atoms with Gasteiger partial charge in [0.05, 0.1) is 6.04 Å². The highest BCUT2D eigenvalue weighted by Gasteiger charge is 2.20. The first-order chi connectivity index (χ1) is 8.47. The predicted molar refractivity (Wildman–Crippen MR) is 65.8 cm³/mol. The van der Waals surface area contributed by atoms with Crippen molar-refractivity contribution in [2.75, 3.05) is 13.6 Å². The second-order valence-electron chi connectivity index (χ2n) is 4.24. The summed E-state index contributed by atoms with van der Waals surface area (Å²) >= 11 is 0. The fourth-order valence-electron chi connectivity index (χ4n) is 1.69. The van der Waals surface area contributed by atoms with Crippen molar-refractivity contribution in [1.82, 2.24) is 4.90 Å². The summed E-state index contributed by atoms with van der Waals surface area (Å²) in [6.45, 7) is 2.10. The van der Waals surface area contributed by atoms with Gasteiger partial charge in [-0.25, -0.2) is 8.78 Å². The van der Waals surface area contributed by atoms with Crippen molar-refractivity contribution in [3.05, 3.63) is 35.4 Å². The first-order valence-electron chi connectivity index (χ1n) is 5.88. The van der Waals surface area contributed by atoms with E-state index in [0.717, 1.165) is 18.2 Å². The molecular formula is C13H18F2N2O. The van der Waals surface area contributed by atoms with Gasteiger partial charge in [-0.3, -0.25) is 4.79 Å². The molecule has 1 aromatic rings. The number of nitrogens with zero attached hydrogens (tertiary/aromatic N) is 1. The zero-order valence-corrected chi connectivity index (χ0v) is 10.6. The Morgan fingerprint density at radius 2 is 2.11 bits per heavy atom. The molecule has 0 saturated heterocycles. The summed E-state index contributed by atoms with van der Waals surface area (Å²) in [5.74, 6) is -1.15. The van der Waals surface area contributed by atoms with Crippen molar-refractivity contribution in [1.29, 1.82) is 0 Å². The molecule has 2 N–H and O–H groups in total. The molecule has 0 heterocycles. The maximum Gasteiger partial charge on any atom is 0.222 e. The Hall–Kier alpha value is -1.49. The van der Waals surface area contributed by atoms with Crippen LogP contribution in [0.1, 0.15) is 31.4 Å². The third-order valence-corrected chi connectivity index (χ3v) is 2.98. The molecular weight excluding hydrogens is 238 g/mol. The summed E-state index contributed by atoms with van der Waals surface area (Å²) < 4.78 is 26.7. The third-order valence-electron chi connectivity index (χ3n) is 2.98. The van der Waals surface area contributed by atoms with E-state index >= 15 is 0 Å². The van der Waals surface area contributed by atoms with Crippen molar-refractivity contribution in [3.8, 4) is 0 Å². The van der Waals surface area contributed by atoms with Gasteiger partial charge in [0, 0.05) is 19.0 Å². The number of hydrogen-bond acceptors (Lipinski definition) is 2. The van der Waals surface area contributed by atoms with E-state index in [0.29, 0.717) is 19.4 Å². The molecule has 3 nitrogen and oxygen atoms in total. The number of hydrogen-bond donors (Lipinski definition) is 1. The van der Waals surface area contributed by atoms with E-state index in [2.05, 4.69) is 0 Å². The van der Waals surface area contributed by atoms with Crippen LogP contribution in [-0.4, -0.2) is 24.4 Å². The van der Waals surface area contributed by atoms with Gasteiger partial charge < -0.3 is 10.6 Å². The Morgan fingerprint density at radius 3 is 2.72 bits per heavy atom. The highest BCUT2D eigenvalue weighted by atomic mass is 19.1. The average molecular weight is 256 g/mol. The van der Waals surface area contributed by atoms with Gasteiger partial charge >= 0.3 is 0 Å². The molecule has 0 aliphatic heterocycles. The van der Waals surface area contributed by atoms with Crippen LogP contribution in [0.5, 0.6) is 0 Å². The molecule has 0 aliphatic carbocycles. The monoisotopic (exact) mass is 256 g/mol. The van der Waals surface area contributed by atoms with Crippen molar-refractivity contribution >= 4 is 5.91 Å². The largest absolute Gasteiger partial charge is 0.339 e. The minimum absolute atomic E-state index is 0.128. The van der Waals surface area contributed by atoms with Crippen LogP contribution in [0, 0.1) is 11.6 Å². The number of halogens is 2. The van der Waals surface area contributed by atoms with Gasteiger partial charge in [-0.1, -0.05) is 0 Å². The molecule has 0 radical (unpaired) electrons. The predicted octanol–water partition coefficient (Wildman–Crippen LogP) is 2.22. The summed E-state index contributed by atoms with van der Waals surface area (Å²) in [4.78, 5) is 13.2. The van der Waals surface area contributed by atoms with E-state index in [4.69, 9.17) is 5.73 Å². The Morgan fingerprint density at radius 1 is 1.44 bits per heavy atom. The molecule has 1 rings (SSSR count). The average Bonchev–Trinajstić information content (AvgIpc) is 2.37. The quantitative estimate of drug-likeness (QED) is 0.878. The summed E-state index contributed by atoms with van der Waals surface area (Å²) in [7, 11) is 1.58. The van der Waals surface area contributed by atoms with E-state index < -0.39 is 17.7 Å². The standard InChI is InChI=1S/C13H18F2N2O/c1-9(17(2)13(18)4-3-7-16)11-8-10(14)5-6-12(11)15/h5-6,8-9H,3-4,7,16H2,1-2H3. The second kappa shape index (κ2) is 6.44. The van der Waals surface area contributed by atoms with Gasteiger partial charge in [0.1, 0.15) is 11.6 Å². The lowest BCUT2D eigenvalue weighted by Crippen LogP contribution is -2.30. The smallest absolute Gasteiger partial charge is 0.222 e. The molecule has 1 amide bonds. The van der Waals surface area contributed by atoms with E-state index in [1.54, 1.807) is 14.0 Å². The van der Waals surface area contributed by atoms with Crippen LogP contribution in [0.3, 0.4) is 0 Å². The number of amides is 1. The number of benzene rings is 1. The molecule has 1 aromatic carbocycles. The summed E-state index contributed by atoms with van der Waals surface area (Å²) in [5, 5.41) is 0. The van der Waals surface area contributed by atoms with Crippen LogP contribution >= 0.6 is 0 Å². The van der Waals surface area contributed by atoms with Gasteiger partial charge in [0.25, 0.3) is 0 Å². The van der Waals surface area contributed by atoms with Crippen LogP contribution in [0.25, 0.3) is 0 Å². The summed E-state index contributed by atoms with van der Waals surface area (Å²) in [6, 6.07) is 2.74. The molecule has 1 unspecified atom stereocenters. The topological polar surface area (TPSA) is 46.3 Å². The molecule has 100 valence electrons. The lowest BCUT2D eigenvalue weighted by Gasteiger charge is -2.25. The summed E-state index contributed by atoms with van der Waals surface area (Å²) in [6.07, 6.45) is 0.899. The minimum atomic E-state index is -0.513. The van der Waals surface area contributed by atoms with Gasteiger partial charge in [-0.05, 0) is 38.1 Å². The van der Waals surface area contributed by atoms with Gasteiger partial charge in [-0.15, -0.1) is 0 Å². The van der Waals surface area contributed by atoms with E-state index in [9.17, 15) is 13.6 Å². The Bertz CT molecular complexity index is 423. The van der Waals surface area contributed by atoms with Crippen LogP contribution < -0.4 is 5.73 Å². The Kier molecular flexibility index (Phi) is 5.22. The molecule has 0 fully saturated rings. The maximum absolute atomic E-state index is 13.6. The first kappa shape index (κ1) is 14.6.